The minimum Gasteiger partial charge on any atom is -0.497 e. The van der Waals surface area contributed by atoms with Crippen molar-refractivity contribution in [3.8, 4) is 11.5 Å². The van der Waals surface area contributed by atoms with Gasteiger partial charge >= 0.3 is 0 Å². The van der Waals surface area contributed by atoms with E-state index in [1.807, 2.05) is 0 Å². The number of nitrogens with two attached hydrogens (primary N) is 6. The van der Waals surface area contributed by atoms with E-state index < -0.39 is 304 Å². The lowest BCUT2D eigenvalue weighted by Gasteiger charge is -2.31. The highest BCUT2D eigenvalue weighted by Crippen LogP contribution is 2.26. The summed E-state index contributed by atoms with van der Waals surface area (Å²) in [5, 5.41) is 35.5. The van der Waals surface area contributed by atoms with E-state index in [0.717, 1.165) is 33.3 Å². The van der Waals surface area contributed by atoms with Gasteiger partial charge in [0.1, 0.15) is 96.1 Å². The number of likely N-dealkylation sites (tertiary alicyclic amines) is 2. The highest BCUT2D eigenvalue weighted by atomic mass is 32.2. The van der Waals surface area contributed by atoms with Gasteiger partial charge in [-0.05, 0) is 135 Å². The lowest BCUT2D eigenvalue weighted by molar-refractivity contribution is -0.142. The van der Waals surface area contributed by atoms with Gasteiger partial charge in [-0.15, -0.1) is 0 Å². The van der Waals surface area contributed by atoms with Gasteiger partial charge in [0.15, 0.2) is 0 Å². The van der Waals surface area contributed by atoms with Gasteiger partial charge < -0.3 is 128 Å². The summed E-state index contributed by atoms with van der Waals surface area (Å²) >= 11 is 2.27. The first kappa shape index (κ1) is 106. The van der Waals surface area contributed by atoms with E-state index in [4.69, 9.17) is 52.1 Å². The topological polar surface area (TPSA) is 725 Å². The van der Waals surface area contributed by atoms with Crippen molar-refractivity contribution in [1.29, 1.82) is 0 Å². The summed E-state index contributed by atoms with van der Waals surface area (Å²) < 4.78 is 57.3. The van der Waals surface area contributed by atoms with Crippen LogP contribution >= 0.6 is 23.5 Å². The number of benzene rings is 2. The quantitative estimate of drug-likeness (QED) is 0.0304. The van der Waals surface area contributed by atoms with Crippen LogP contribution in [-0.4, -0.2) is 288 Å². The van der Waals surface area contributed by atoms with Crippen LogP contribution < -0.4 is 118 Å². The van der Waals surface area contributed by atoms with E-state index in [1.54, 1.807) is 76.2 Å². The molecule has 22 amide bonds. The lowest BCUT2D eigenvalue weighted by Crippen LogP contribution is -2.61. The van der Waals surface area contributed by atoms with Crippen LogP contribution in [0.1, 0.15) is 190 Å². The number of hydrogen-bond acceptors (Lipinski definition) is 26. The number of amides is 22. The van der Waals surface area contributed by atoms with Gasteiger partial charge in [0.2, 0.25) is 130 Å². The maximum atomic E-state index is 14.5. The molecule has 26 N–H and O–H groups in total. The molecular weight excluding hydrogens is 1840 g/mol. The van der Waals surface area contributed by atoms with Gasteiger partial charge in [0.05, 0.1) is 40.2 Å². The van der Waals surface area contributed by atoms with Crippen molar-refractivity contribution in [3.63, 3.8) is 0 Å². The monoisotopic (exact) mass is 1980 g/mol. The molecule has 4 heterocycles. The van der Waals surface area contributed by atoms with Crippen LogP contribution in [0.5, 0.6) is 11.5 Å². The van der Waals surface area contributed by atoms with E-state index in [0.29, 0.717) is 35.5 Å². The van der Waals surface area contributed by atoms with Gasteiger partial charge in [-0.3, -0.25) is 105 Å². The molecular formula is C90H138N22O24S2. The number of ether oxygens (including phenoxy) is 2. The SMILES string of the molecule is [2H]C([2H])([2H])C(C)CC(NC(=O)C1CCCN1C(=O)C1CSCCCC(=O)NC(Cc2ccc(OC)cc2)C(=O)NC(C(C)CC)C(=O)NC(CCC(N)=O)C(=O)NC(CC(N)=O)C(=O)N1)C(=O)NCC(N)=O.[2H]C([2H])([2H])C(C)C[C@@H](NC(=O)C1CCCN1C(=O)C1CSCCCC(=O)NC(Cc2ccc(OC)cc2)C(=O)NC(C(C)CC)C(=O)NC(CCC(N)=O)C(=O)NC(CC(N)=O)C(=O)N1)C(=O)NCC(N)=O. The largest absolute Gasteiger partial charge is 0.497 e. The zero-order valence-corrected chi connectivity index (χ0v) is 80.4. The molecule has 0 aliphatic carbocycles. The molecule has 0 spiro atoms. The summed E-state index contributed by atoms with van der Waals surface area (Å²) in [5.41, 5.74) is 33.5. The molecule has 4 saturated heterocycles. The van der Waals surface area contributed by atoms with Crippen molar-refractivity contribution in [1.82, 2.24) is 84.2 Å². The maximum absolute atomic E-state index is 14.5. The molecule has 0 bridgehead atoms. The first-order valence-electron chi connectivity index (χ1n) is 48.6. The van der Waals surface area contributed by atoms with Gasteiger partial charge in [-0.1, -0.05) is 92.4 Å². The lowest BCUT2D eigenvalue weighted by atomic mass is 9.96. The molecule has 0 saturated carbocycles. The Bertz CT molecular complexity index is 4570. The average molecular weight is 1980 g/mol. The molecule has 4 fully saturated rings. The Morgan fingerprint density at radius 2 is 0.761 bits per heavy atom. The van der Waals surface area contributed by atoms with Gasteiger partial charge in [-0.2, -0.15) is 23.5 Å². The fourth-order valence-electron chi connectivity index (χ4n) is 15.1. The van der Waals surface area contributed by atoms with Crippen molar-refractivity contribution in [2.75, 3.05) is 63.4 Å². The van der Waals surface area contributed by atoms with E-state index in [-0.39, 0.29) is 113 Å². The molecule has 46 nitrogen and oxygen atoms in total. The Balaban J connectivity index is 0.000000507. The molecule has 18 atom stereocenters. The number of carbonyl (C=O) groups excluding carboxylic acids is 22. The first-order chi connectivity index (χ1) is 67.7. The Labute approximate surface area is 818 Å². The number of nitrogens with zero attached hydrogens (tertiary/aromatic N) is 2. The molecule has 764 valence electrons. The van der Waals surface area contributed by atoms with Crippen molar-refractivity contribution in [2.45, 2.75) is 268 Å². The normalized spacial score (nSPS) is 24.4. The zero-order valence-electron chi connectivity index (χ0n) is 84.8. The predicted octanol–water partition coefficient (Wildman–Crippen LogP) is -5.00. The number of primary amides is 6. The second kappa shape index (κ2) is 58.6. The fourth-order valence-corrected chi connectivity index (χ4v) is 17.1. The van der Waals surface area contributed by atoms with Crippen LogP contribution in [0, 0.1) is 23.7 Å². The van der Waals surface area contributed by atoms with Gasteiger partial charge in [-0.25, -0.2) is 0 Å². The van der Waals surface area contributed by atoms with Gasteiger partial charge in [0.25, 0.3) is 0 Å². The smallest absolute Gasteiger partial charge is 0.246 e. The molecule has 138 heavy (non-hydrogen) atoms. The Kier molecular flexibility index (Phi) is 44.8. The molecule has 48 heteroatoms. The minimum absolute atomic E-state index is 0.000426. The Morgan fingerprint density at radius 1 is 0.428 bits per heavy atom. The van der Waals surface area contributed by atoms with Crippen molar-refractivity contribution < 1.29 is 123 Å². The predicted molar refractivity (Wildman–Crippen MR) is 506 cm³/mol. The summed E-state index contributed by atoms with van der Waals surface area (Å²) in [7, 11) is 2.98. The molecule has 2 aromatic rings. The summed E-state index contributed by atoms with van der Waals surface area (Å²) in [6, 6.07) is -6.48. The molecule has 2 aromatic carbocycles. The maximum Gasteiger partial charge on any atom is 0.246 e. The van der Waals surface area contributed by atoms with Crippen molar-refractivity contribution in [3.05, 3.63) is 59.7 Å². The van der Waals surface area contributed by atoms with Crippen LogP contribution in [0.25, 0.3) is 0 Å². The van der Waals surface area contributed by atoms with Crippen LogP contribution in [0.3, 0.4) is 0 Å². The number of nitrogens with one attached hydrogen (secondary N) is 14. The minimum atomic E-state index is -2.53. The van der Waals surface area contributed by atoms with Crippen molar-refractivity contribution in [2.24, 2.45) is 58.1 Å². The van der Waals surface area contributed by atoms with E-state index in [9.17, 15) is 105 Å². The highest BCUT2D eigenvalue weighted by Gasteiger charge is 2.45. The molecule has 0 aromatic heterocycles. The molecule has 0 radical (unpaired) electrons. The molecule has 17 unspecified atom stereocenters. The Hall–Kier alpha value is -12.9. The van der Waals surface area contributed by atoms with Crippen LogP contribution in [0.4, 0.5) is 0 Å². The summed E-state index contributed by atoms with van der Waals surface area (Å²) in [6.07, 6.45) is -2.37. The average Bonchev–Trinajstić information content (AvgIpc) is 1.58. The van der Waals surface area contributed by atoms with Crippen molar-refractivity contribution >= 4 is 153 Å². The standard InChI is InChI=1S/2C45H69N11O12S/c2*1-6-25(4)38-44(66)51-28(15-16-34(46)57)40(62)52-31(21-35(47)58)41(63)54-32(23-69-18-8-10-37(60)50-30(42(64)55-38)20-26-11-13-27(68-5)14-12-26)45(67)56-17-7-9-33(56)43(65)53-29(19-24(2)3)39(61)49-22-36(48)59/h2*11-14,24-25,28-33,38H,6-10,15-23H2,1-5H3,(H2,46,57)(H2,47,58)(H2,48,59)(H,49,61)(H,50,60)(H,51,66)(H,52,62)(H,53,65)(H,54,63)(H,55,64)/t25?,28?,29-,30?,31?,32?,33?,38?;/m1./s1/i2*2D3/t24?,25?,28?,29-,30?,31?,32?,33?,38?;. The number of hydrogen-bond donors (Lipinski definition) is 20. The first-order valence-corrected chi connectivity index (χ1v) is 47.9. The van der Waals surface area contributed by atoms with Gasteiger partial charge in [0, 0.05) is 71.3 Å². The zero-order chi connectivity index (χ0) is 108. The molecule has 6 rings (SSSR count). The summed E-state index contributed by atoms with van der Waals surface area (Å²) in [6.45, 7) is 3.28. The summed E-state index contributed by atoms with van der Waals surface area (Å²) in [5.74, 6) is -21.3. The fraction of sp³-hybridized carbons (Fsp3) is 0.622. The highest BCUT2D eigenvalue weighted by molar-refractivity contribution is 7.99. The number of methoxy groups -OCH3 is 2. The Morgan fingerprint density at radius 3 is 1.07 bits per heavy atom. The third-order valence-corrected chi connectivity index (χ3v) is 25.3. The number of rotatable bonds is 36. The molecule has 4 aliphatic heterocycles. The van der Waals surface area contributed by atoms with Crippen LogP contribution in [0.2, 0.25) is 0 Å². The van der Waals surface area contributed by atoms with Crippen LogP contribution in [-0.2, 0) is 118 Å². The summed E-state index contributed by atoms with van der Waals surface area (Å²) in [4.78, 5) is 297. The van der Waals surface area contributed by atoms with E-state index >= 15 is 0 Å². The third kappa shape index (κ3) is 39.7. The number of thioether (sulfide) groups is 2. The van der Waals surface area contributed by atoms with Crippen LogP contribution in [0.15, 0.2) is 48.5 Å². The molecule has 4 aliphatic rings. The second-order valence-electron chi connectivity index (χ2n) is 34.3. The number of carbonyl (C=O) groups is 22. The third-order valence-electron chi connectivity index (χ3n) is 23.0. The van der Waals surface area contributed by atoms with E-state index in [2.05, 4.69) is 74.4 Å². The van der Waals surface area contributed by atoms with E-state index in [1.165, 1.54) is 28.1 Å². The second-order valence-corrected chi connectivity index (χ2v) is 36.6.